The maximum Gasteiger partial charge on any atom is 0.222 e. The lowest BCUT2D eigenvalue weighted by atomic mass is 9.77. The summed E-state index contributed by atoms with van der Waals surface area (Å²) in [6.07, 6.45) is 3.38. The molecular formula is C18H25F2NO3. The van der Waals surface area contributed by atoms with Crippen molar-refractivity contribution in [2.24, 2.45) is 5.41 Å². The number of carbonyl (C=O) groups is 1. The first kappa shape index (κ1) is 18.6. The van der Waals surface area contributed by atoms with E-state index < -0.39 is 11.6 Å². The van der Waals surface area contributed by atoms with Crippen molar-refractivity contribution < 1.29 is 23.4 Å². The molecule has 1 aliphatic heterocycles. The van der Waals surface area contributed by atoms with Gasteiger partial charge in [-0.25, -0.2) is 8.78 Å². The second-order valence-corrected chi connectivity index (χ2v) is 6.42. The van der Waals surface area contributed by atoms with E-state index in [9.17, 15) is 18.7 Å². The number of piperidine rings is 1. The summed E-state index contributed by atoms with van der Waals surface area (Å²) in [4.78, 5) is 14.0. The van der Waals surface area contributed by atoms with Gasteiger partial charge in [-0.3, -0.25) is 4.79 Å². The van der Waals surface area contributed by atoms with E-state index in [0.29, 0.717) is 25.9 Å². The number of aliphatic hydroxyl groups excluding tert-OH is 1. The van der Waals surface area contributed by atoms with Gasteiger partial charge in [0.1, 0.15) is 5.82 Å². The van der Waals surface area contributed by atoms with Crippen LogP contribution in [0.4, 0.5) is 8.78 Å². The molecule has 1 aliphatic rings. The van der Waals surface area contributed by atoms with E-state index in [1.807, 2.05) is 4.90 Å². The van der Waals surface area contributed by atoms with Crippen molar-refractivity contribution >= 4 is 5.91 Å². The molecule has 1 saturated heterocycles. The highest BCUT2D eigenvalue weighted by Gasteiger charge is 2.33. The summed E-state index contributed by atoms with van der Waals surface area (Å²) < 4.78 is 31.5. The average molecular weight is 341 g/mol. The monoisotopic (exact) mass is 341 g/mol. The Morgan fingerprint density at radius 3 is 2.62 bits per heavy atom. The van der Waals surface area contributed by atoms with Gasteiger partial charge in [-0.1, -0.05) is 6.92 Å². The van der Waals surface area contributed by atoms with Crippen molar-refractivity contribution in [1.82, 2.24) is 4.90 Å². The molecule has 0 aliphatic carbocycles. The minimum atomic E-state index is -0.739. The molecule has 0 aromatic heterocycles. The third kappa shape index (κ3) is 4.66. The smallest absolute Gasteiger partial charge is 0.222 e. The lowest BCUT2D eigenvalue weighted by molar-refractivity contribution is -0.134. The first-order chi connectivity index (χ1) is 11.5. The predicted molar refractivity (Wildman–Crippen MR) is 86.7 cm³/mol. The molecule has 0 unspecified atom stereocenters. The van der Waals surface area contributed by atoms with Gasteiger partial charge in [-0.2, -0.15) is 0 Å². The number of halogens is 2. The largest absolute Gasteiger partial charge is 0.491 e. The van der Waals surface area contributed by atoms with Gasteiger partial charge in [-0.05, 0) is 43.2 Å². The zero-order valence-corrected chi connectivity index (χ0v) is 14.1. The molecule has 0 bridgehead atoms. The fourth-order valence-corrected chi connectivity index (χ4v) is 3.01. The molecule has 1 N–H and O–H groups in total. The SMILES string of the molecule is CCC1(CO)CCN(C(=O)CCCOc2ccc(F)cc2F)CC1. The number of rotatable bonds is 7. The number of aliphatic hydroxyl groups is 1. The topological polar surface area (TPSA) is 49.8 Å². The number of nitrogens with zero attached hydrogens (tertiary/aromatic N) is 1. The normalized spacial score (nSPS) is 16.9. The van der Waals surface area contributed by atoms with Crippen LogP contribution >= 0.6 is 0 Å². The standard InChI is InChI=1S/C18H25F2NO3/c1-2-18(13-22)7-9-21(10-8-18)17(23)4-3-11-24-16-6-5-14(19)12-15(16)20/h5-6,12,22H,2-4,7-11,13H2,1H3. The van der Waals surface area contributed by atoms with Crippen LogP contribution < -0.4 is 4.74 Å². The van der Waals surface area contributed by atoms with E-state index in [2.05, 4.69) is 6.92 Å². The van der Waals surface area contributed by atoms with Gasteiger partial charge in [-0.15, -0.1) is 0 Å². The Labute approximate surface area is 141 Å². The summed E-state index contributed by atoms with van der Waals surface area (Å²) in [5.41, 5.74) is -0.0417. The van der Waals surface area contributed by atoms with Crippen LogP contribution in [-0.4, -0.2) is 42.2 Å². The number of carbonyl (C=O) groups excluding carboxylic acids is 1. The van der Waals surface area contributed by atoms with E-state index in [1.54, 1.807) is 0 Å². The molecule has 2 rings (SSSR count). The van der Waals surface area contributed by atoms with E-state index in [4.69, 9.17) is 4.74 Å². The molecule has 6 heteroatoms. The third-order valence-electron chi connectivity index (χ3n) is 4.95. The quantitative estimate of drug-likeness (QED) is 0.775. The van der Waals surface area contributed by atoms with Gasteiger partial charge in [0.2, 0.25) is 5.91 Å². The highest BCUT2D eigenvalue weighted by molar-refractivity contribution is 5.76. The van der Waals surface area contributed by atoms with Crippen molar-refractivity contribution in [2.75, 3.05) is 26.3 Å². The molecule has 0 spiro atoms. The number of ether oxygens (including phenoxy) is 1. The van der Waals surface area contributed by atoms with Gasteiger partial charge in [0.15, 0.2) is 11.6 Å². The van der Waals surface area contributed by atoms with Crippen molar-refractivity contribution in [3.05, 3.63) is 29.8 Å². The summed E-state index contributed by atoms with van der Waals surface area (Å²) >= 11 is 0. The van der Waals surface area contributed by atoms with Crippen LogP contribution in [0.25, 0.3) is 0 Å². The molecule has 134 valence electrons. The molecule has 1 aromatic rings. The van der Waals surface area contributed by atoms with Gasteiger partial charge in [0.25, 0.3) is 0 Å². The molecular weight excluding hydrogens is 316 g/mol. The fourth-order valence-electron chi connectivity index (χ4n) is 3.01. The highest BCUT2D eigenvalue weighted by Crippen LogP contribution is 2.34. The predicted octanol–water partition coefficient (Wildman–Crippen LogP) is 3.13. The van der Waals surface area contributed by atoms with Crippen molar-refractivity contribution in [1.29, 1.82) is 0 Å². The summed E-state index contributed by atoms with van der Waals surface area (Å²) in [6.45, 7) is 3.78. The zero-order valence-electron chi connectivity index (χ0n) is 14.1. The lowest BCUT2D eigenvalue weighted by Gasteiger charge is -2.40. The number of benzene rings is 1. The van der Waals surface area contributed by atoms with Gasteiger partial charge >= 0.3 is 0 Å². The summed E-state index contributed by atoms with van der Waals surface area (Å²) in [5.74, 6) is -1.33. The Kier molecular flexibility index (Phi) is 6.54. The second-order valence-electron chi connectivity index (χ2n) is 6.42. The summed E-state index contributed by atoms with van der Waals surface area (Å²) in [6, 6.07) is 3.16. The van der Waals surface area contributed by atoms with Crippen molar-refractivity contribution in [3.63, 3.8) is 0 Å². The third-order valence-corrected chi connectivity index (χ3v) is 4.95. The Hall–Kier alpha value is -1.69. The summed E-state index contributed by atoms with van der Waals surface area (Å²) in [7, 11) is 0. The van der Waals surface area contributed by atoms with Crippen molar-refractivity contribution in [3.8, 4) is 5.75 Å². The number of hydrogen-bond acceptors (Lipinski definition) is 3. The van der Waals surface area contributed by atoms with Crippen LogP contribution in [-0.2, 0) is 4.79 Å². The van der Waals surface area contributed by atoms with Crippen molar-refractivity contribution in [2.45, 2.75) is 39.0 Å². The van der Waals surface area contributed by atoms with Gasteiger partial charge in [0.05, 0.1) is 6.61 Å². The molecule has 1 aromatic carbocycles. The maximum atomic E-state index is 13.4. The lowest BCUT2D eigenvalue weighted by Crippen LogP contribution is -2.44. The van der Waals surface area contributed by atoms with Crippen LogP contribution in [0.2, 0.25) is 0 Å². The molecule has 1 amide bonds. The number of hydrogen-bond donors (Lipinski definition) is 1. The Morgan fingerprint density at radius 2 is 2.04 bits per heavy atom. The van der Waals surface area contributed by atoms with Gasteiger partial charge < -0.3 is 14.7 Å². The first-order valence-electron chi connectivity index (χ1n) is 8.46. The fraction of sp³-hybridized carbons (Fsp3) is 0.611. The minimum absolute atomic E-state index is 0.00232. The second kappa shape index (κ2) is 8.42. The Balaban J connectivity index is 1.70. The molecule has 1 heterocycles. The molecule has 1 fully saturated rings. The van der Waals surface area contributed by atoms with Gasteiger partial charge in [0, 0.05) is 32.2 Å². The Bertz CT molecular complexity index is 551. The molecule has 0 saturated carbocycles. The van der Waals surface area contributed by atoms with E-state index in [0.717, 1.165) is 31.4 Å². The van der Waals surface area contributed by atoms with E-state index >= 15 is 0 Å². The Morgan fingerprint density at radius 1 is 1.33 bits per heavy atom. The molecule has 0 radical (unpaired) electrons. The average Bonchev–Trinajstić information content (AvgIpc) is 2.60. The molecule has 4 nitrogen and oxygen atoms in total. The summed E-state index contributed by atoms with van der Waals surface area (Å²) in [5, 5.41) is 9.51. The van der Waals surface area contributed by atoms with Crippen LogP contribution in [0, 0.1) is 17.0 Å². The first-order valence-corrected chi connectivity index (χ1v) is 8.46. The maximum absolute atomic E-state index is 13.4. The minimum Gasteiger partial charge on any atom is -0.491 e. The van der Waals surface area contributed by atoms with Crippen LogP contribution in [0.3, 0.4) is 0 Å². The van der Waals surface area contributed by atoms with E-state index in [1.165, 1.54) is 6.07 Å². The number of likely N-dealkylation sites (tertiary alicyclic amines) is 1. The number of amides is 1. The molecule has 0 atom stereocenters. The van der Waals surface area contributed by atoms with Crippen LogP contribution in [0.5, 0.6) is 5.75 Å². The van der Waals surface area contributed by atoms with Crippen LogP contribution in [0.1, 0.15) is 39.0 Å². The molecule has 24 heavy (non-hydrogen) atoms. The van der Waals surface area contributed by atoms with Crippen LogP contribution in [0.15, 0.2) is 18.2 Å². The zero-order chi connectivity index (χ0) is 17.6. The highest BCUT2D eigenvalue weighted by atomic mass is 19.1. The van der Waals surface area contributed by atoms with E-state index in [-0.39, 0.29) is 30.3 Å².